The van der Waals surface area contributed by atoms with Crippen LogP contribution in [0.5, 0.6) is 17.2 Å². The van der Waals surface area contributed by atoms with Gasteiger partial charge >= 0.3 is 0 Å². The Hall–Kier alpha value is -3.82. The summed E-state index contributed by atoms with van der Waals surface area (Å²) in [6, 6.07) is 19.6. The van der Waals surface area contributed by atoms with Crippen molar-refractivity contribution in [3.8, 4) is 17.2 Å². The Morgan fingerprint density at radius 3 is 2.69 bits per heavy atom. The molecular weight excluding hydrogens is 478 g/mol. The van der Waals surface area contributed by atoms with Crippen LogP contribution in [-0.2, 0) is 26.1 Å². The van der Waals surface area contributed by atoms with Crippen molar-refractivity contribution < 1.29 is 23.5 Å². The van der Waals surface area contributed by atoms with Crippen LogP contribution in [-0.4, -0.2) is 36.4 Å². The molecule has 0 fully saturated rings. The van der Waals surface area contributed by atoms with Gasteiger partial charge in [-0.2, -0.15) is 0 Å². The van der Waals surface area contributed by atoms with Crippen LogP contribution >= 0.6 is 11.3 Å². The number of amides is 1. The Balaban J connectivity index is 1.19. The first-order valence-corrected chi connectivity index (χ1v) is 12.5. The molecule has 0 aliphatic carbocycles. The molecule has 0 saturated heterocycles. The molecular formula is C27H27N3O5S. The third kappa shape index (κ3) is 6.05. The molecule has 1 amide bonds. The number of nitrogens with zero attached hydrogens (tertiary/aromatic N) is 2. The zero-order chi connectivity index (χ0) is 24.7. The van der Waals surface area contributed by atoms with Crippen molar-refractivity contribution in [3.05, 3.63) is 93.5 Å². The van der Waals surface area contributed by atoms with Crippen LogP contribution in [0.4, 0.5) is 0 Å². The van der Waals surface area contributed by atoms with Crippen LogP contribution in [0.2, 0.25) is 0 Å². The van der Waals surface area contributed by atoms with E-state index >= 15 is 0 Å². The Morgan fingerprint density at radius 2 is 1.89 bits per heavy atom. The maximum absolute atomic E-state index is 12.7. The van der Waals surface area contributed by atoms with Gasteiger partial charge in [-0.1, -0.05) is 29.4 Å². The van der Waals surface area contributed by atoms with E-state index in [4.69, 9.17) is 18.7 Å². The van der Waals surface area contributed by atoms with Crippen molar-refractivity contribution >= 4 is 17.2 Å². The van der Waals surface area contributed by atoms with Gasteiger partial charge in [0.25, 0.3) is 5.91 Å². The Morgan fingerprint density at radius 1 is 1.06 bits per heavy atom. The van der Waals surface area contributed by atoms with Crippen LogP contribution in [0, 0.1) is 0 Å². The maximum Gasteiger partial charge on any atom is 0.273 e. The zero-order valence-corrected chi connectivity index (χ0v) is 20.8. The molecule has 1 aliphatic rings. The minimum Gasteiger partial charge on any atom is -0.497 e. The minimum atomic E-state index is -0.286. The summed E-state index contributed by atoms with van der Waals surface area (Å²) in [6.45, 7) is 2.74. The first-order valence-electron chi connectivity index (χ1n) is 11.7. The highest BCUT2D eigenvalue weighted by atomic mass is 32.1. The molecule has 2 aromatic heterocycles. The number of thiophene rings is 1. The molecule has 0 saturated carbocycles. The number of ether oxygens (including phenoxy) is 3. The van der Waals surface area contributed by atoms with E-state index in [2.05, 4.69) is 45.0 Å². The fourth-order valence-corrected chi connectivity index (χ4v) is 4.70. The Kier molecular flexibility index (Phi) is 7.49. The van der Waals surface area contributed by atoms with Crippen molar-refractivity contribution in [3.63, 3.8) is 0 Å². The van der Waals surface area contributed by atoms with Crippen LogP contribution in [0.1, 0.15) is 32.3 Å². The number of hydrogen-bond donors (Lipinski definition) is 1. The molecule has 3 heterocycles. The van der Waals surface area contributed by atoms with E-state index in [0.29, 0.717) is 30.3 Å². The maximum atomic E-state index is 12.7. The van der Waals surface area contributed by atoms with Crippen LogP contribution in [0.25, 0.3) is 0 Å². The topological polar surface area (TPSA) is 86.1 Å². The second-order valence-electron chi connectivity index (χ2n) is 8.44. The molecule has 8 nitrogen and oxygen atoms in total. The van der Waals surface area contributed by atoms with Crippen LogP contribution in [0.15, 0.2) is 70.6 Å². The number of benzene rings is 2. The normalized spacial score (nSPS) is 12.2. The lowest BCUT2D eigenvalue weighted by molar-refractivity contribution is 0.0941. The molecule has 36 heavy (non-hydrogen) atoms. The SMILES string of the molecule is COc1ccc(CCN(Cc2cc(C(=O)NCc3ccc4c(c3)OCO4)no2)Cc2cccs2)cc1. The van der Waals surface area contributed by atoms with E-state index in [1.165, 1.54) is 10.4 Å². The fourth-order valence-electron chi connectivity index (χ4n) is 3.96. The highest BCUT2D eigenvalue weighted by Gasteiger charge is 2.17. The number of aromatic nitrogens is 1. The van der Waals surface area contributed by atoms with Crippen LogP contribution in [0.3, 0.4) is 0 Å². The molecule has 1 aliphatic heterocycles. The van der Waals surface area contributed by atoms with Gasteiger partial charge in [-0.25, -0.2) is 0 Å². The summed E-state index contributed by atoms with van der Waals surface area (Å²) >= 11 is 1.73. The van der Waals surface area contributed by atoms with Crippen molar-refractivity contribution in [2.24, 2.45) is 0 Å². The van der Waals surface area contributed by atoms with E-state index in [9.17, 15) is 4.79 Å². The number of methoxy groups -OCH3 is 1. The zero-order valence-electron chi connectivity index (χ0n) is 19.9. The molecule has 0 bridgehead atoms. The third-order valence-electron chi connectivity index (χ3n) is 5.90. The van der Waals surface area contributed by atoms with Crippen molar-refractivity contribution in [2.75, 3.05) is 20.4 Å². The molecule has 0 spiro atoms. The van der Waals surface area contributed by atoms with E-state index in [1.807, 2.05) is 30.3 Å². The summed E-state index contributed by atoms with van der Waals surface area (Å²) in [7, 11) is 1.67. The molecule has 4 aromatic rings. The van der Waals surface area contributed by atoms with E-state index < -0.39 is 0 Å². The summed E-state index contributed by atoms with van der Waals surface area (Å²) < 4.78 is 21.5. The Bertz CT molecular complexity index is 1290. The van der Waals surface area contributed by atoms with Gasteiger partial charge in [0.1, 0.15) is 5.75 Å². The fraction of sp³-hybridized carbons (Fsp3) is 0.259. The van der Waals surface area contributed by atoms with Crippen molar-refractivity contribution in [2.45, 2.75) is 26.1 Å². The van der Waals surface area contributed by atoms with Crippen molar-refractivity contribution in [1.82, 2.24) is 15.4 Å². The highest BCUT2D eigenvalue weighted by Crippen LogP contribution is 2.32. The molecule has 186 valence electrons. The van der Waals surface area contributed by atoms with Gasteiger partial charge in [0.15, 0.2) is 23.0 Å². The van der Waals surface area contributed by atoms with E-state index in [1.54, 1.807) is 24.5 Å². The van der Waals surface area contributed by atoms with E-state index in [-0.39, 0.29) is 18.4 Å². The predicted molar refractivity (Wildman–Crippen MR) is 135 cm³/mol. The number of fused-ring (bicyclic) bond motifs is 1. The molecule has 9 heteroatoms. The van der Waals surface area contributed by atoms with E-state index in [0.717, 1.165) is 30.8 Å². The van der Waals surface area contributed by atoms with Gasteiger partial charge in [0, 0.05) is 30.6 Å². The summed E-state index contributed by atoms with van der Waals surface area (Å²) in [6.07, 6.45) is 0.881. The second kappa shape index (κ2) is 11.3. The first kappa shape index (κ1) is 23.9. The quantitative estimate of drug-likeness (QED) is 0.318. The van der Waals surface area contributed by atoms with Gasteiger partial charge in [-0.05, 0) is 53.3 Å². The number of carbonyl (C=O) groups is 1. The number of carbonyl (C=O) groups excluding carboxylic acids is 1. The van der Waals surface area contributed by atoms with Gasteiger partial charge in [-0.15, -0.1) is 11.3 Å². The molecule has 0 atom stereocenters. The minimum absolute atomic E-state index is 0.219. The molecule has 1 N–H and O–H groups in total. The summed E-state index contributed by atoms with van der Waals surface area (Å²) in [5.41, 5.74) is 2.40. The third-order valence-corrected chi connectivity index (χ3v) is 6.76. The van der Waals surface area contributed by atoms with Gasteiger partial charge in [-0.3, -0.25) is 9.69 Å². The second-order valence-corrected chi connectivity index (χ2v) is 9.47. The number of rotatable bonds is 11. The molecule has 0 unspecified atom stereocenters. The molecule has 5 rings (SSSR count). The number of hydrogen-bond acceptors (Lipinski definition) is 8. The lowest BCUT2D eigenvalue weighted by atomic mass is 10.1. The summed E-state index contributed by atoms with van der Waals surface area (Å²) in [4.78, 5) is 16.2. The highest BCUT2D eigenvalue weighted by molar-refractivity contribution is 7.09. The summed E-state index contributed by atoms with van der Waals surface area (Å²) in [5.74, 6) is 2.61. The monoisotopic (exact) mass is 505 g/mol. The van der Waals surface area contributed by atoms with Crippen LogP contribution < -0.4 is 19.5 Å². The van der Waals surface area contributed by atoms with Crippen molar-refractivity contribution in [1.29, 1.82) is 0 Å². The molecule has 0 radical (unpaired) electrons. The largest absolute Gasteiger partial charge is 0.497 e. The lowest BCUT2D eigenvalue weighted by Gasteiger charge is -2.20. The first-order chi connectivity index (χ1) is 17.7. The smallest absolute Gasteiger partial charge is 0.273 e. The van der Waals surface area contributed by atoms with Gasteiger partial charge in [0.05, 0.1) is 13.7 Å². The van der Waals surface area contributed by atoms with Gasteiger partial charge < -0.3 is 24.1 Å². The average molecular weight is 506 g/mol. The molecule has 2 aromatic carbocycles. The number of nitrogens with one attached hydrogen (secondary N) is 1. The Labute approximate surface area is 213 Å². The summed E-state index contributed by atoms with van der Waals surface area (Å²) in [5, 5.41) is 8.97. The predicted octanol–water partition coefficient (Wildman–Crippen LogP) is 4.65. The lowest BCUT2D eigenvalue weighted by Crippen LogP contribution is -2.25. The van der Waals surface area contributed by atoms with Gasteiger partial charge in [0.2, 0.25) is 6.79 Å². The standard InChI is InChI=1S/C27H27N3O5S/c1-32-21-7-4-19(5-8-21)10-11-30(17-23-3-2-12-36-23)16-22-14-24(29-35-22)27(31)28-15-20-6-9-25-26(13-20)34-18-33-25/h2-9,12-14H,10-11,15-18H2,1H3,(H,28,31). The average Bonchev–Trinajstić information content (AvgIpc) is 3.68.